The molecule has 0 radical (unpaired) electrons. The van der Waals surface area contributed by atoms with E-state index in [0.29, 0.717) is 6.61 Å². The largest absolute Gasteiger partial charge is 0.493 e. The fraction of sp³-hybridized carbons (Fsp3) is 0.611. The molecule has 1 aromatic carbocycles. The van der Waals surface area contributed by atoms with E-state index in [1.807, 2.05) is 26.0 Å². The van der Waals surface area contributed by atoms with Gasteiger partial charge in [-0.15, -0.1) is 0 Å². The summed E-state index contributed by atoms with van der Waals surface area (Å²) in [5, 5.41) is 3.12. The number of nitrogens with two attached hydrogens (primary N) is 1. The summed E-state index contributed by atoms with van der Waals surface area (Å²) in [5.41, 5.74) is 8.48. The summed E-state index contributed by atoms with van der Waals surface area (Å²) in [4.78, 5) is 12.0. The molecule has 1 aromatic rings. The lowest BCUT2D eigenvalue weighted by molar-refractivity contribution is -0.124. The lowest BCUT2D eigenvalue weighted by atomic mass is 9.82. The van der Waals surface area contributed by atoms with Crippen molar-refractivity contribution in [2.75, 3.05) is 6.61 Å². The number of ether oxygens (including phenoxy) is 1. The molecule has 22 heavy (non-hydrogen) atoms. The van der Waals surface area contributed by atoms with Gasteiger partial charge in [0.05, 0.1) is 12.6 Å². The summed E-state index contributed by atoms with van der Waals surface area (Å²) >= 11 is 0. The summed E-state index contributed by atoms with van der Waals surface area (Å²) in [6.07, 6.45) is 0.791. The molecule has 1 aliphatic rings. The van der Waals surface area contributed by atoms with Crippen LogP contribution in [0.2, 0.25) is 0 Å². The molecule has 0 saturated carbocycles. The van der Waals surface area contributed by atoms with Crippen LogP contribution < -0.4 is 15.8 Å². The molecule has 0 fully saturated rings. The van der Waals surface area contributed by atoms with Crippen LogP contribution in [0.3, 0.4) is 0 Å². The first-order chi connectivity index (χ1) is 10.2. The van der Waals surface area contributed by atoms with Gasteiger partial charge in [0.15, 0.2) is 0 Å². The van der Waals surface area contributed by atoms with E-state index in [2.05, 4.69) is 32.2 Å². The third kappa shape index (κ3) is 3.61. The molecule has 122 valence electrons. The fourth-order valence-electron chi connectivity index (χ4n) is 2.59. The maximum atomic E-state index is 12.0. The first kappa shape index (κ1) is 16.8. The second-order valence-corrected chi connectivity index (χ2v) is 7.49. The zero-order valence-corrected chi connectivity index (χ0v) is 14.3. The Morgan fingerprint density at radius 1 is 1.36 bits per heavy atom. The smallest absolute Gasteiger partial charge is 0.223 e. The van der Waals surface area contributed by atoms with Crippen molar-refractivity contribution < 1.29 is 9.53 Å². The van der Waals surface area contributed by atoms with E-state index in [9.17, 15) is 4.79 Å². The number of hydrogen-bond donors (Lipinski definition) is 2. The number of nitrogens with one attached hydrogen (secondary N) is 1. The van der Waals surface area contributed by atoms with E-state index in [4.69, 9.17) is 10.5 Å². The molecule has 0 aromatic heterocycles. The van der Waals surface area contributed by atoms with Gasteiger partial charge in [-0.05, 0) is 23.1 Å². The van der Waals surface area contributed by atoms with Gasteiger partial charge >= 0.3 is 0 Å². The minimum atomic E-state index is -0.0545. The van der Waals surface area contributed by atoms with Gasteiger partial charge in [0.1, 0.15) is 5.75 Å². The average Bonchev–Trinajstić information content (AvgIpc) is 2.45. The molecule has 0 aliphatic carbocycles. The Bertz CT molecular complexity index is 547. The topological polar surface area (TPSA) is 64.3 Å². The second-order valence-electron chi connectivity index (χ2n) is 7.49. The van der Waals surface area contributed by atoms with Crippen LogP contribution in [-0.4, -0.2) is 12.5 Å². The van der Waals surface area contributed by atoms with E-state index in [0.717, 1.165) is 23.3 Å². The standard InChI is InChI=1S/C18H28N2O2/c1-11(2)17(21)20-14-8-9-22-15-7-6-12(10-13(14)15)16(19)18(3,4)5/h6-7,10-11,14,16H,8-9,19H2,1-5H3,(H,20,21). The monoisotopic (exact) mass is 304 g/mol. The molecule has 2 rings (SSSR count). The predicted octanol–water partition coefficient (Wildman–Crippen LogP) is 3.33. The molecule has 2 unspecified atom stereocenters. The Kier molecular flexibility index (Phi) is 4.81. The third-order valence-electron chi connectivity index (χ3n) is 4.21. The molecule has 1 amide bonds. The molecule has 1 heterocycles. The molecule has 3 N–H and O–H groups in total. The number of fused-ring (bicyclic) bond motifs is 1. The lowest BCUT2D eigenvalue weighted by Crippen LogP contribution is -2.35. The second kappa shape index (κ2) is 6.29. The van der Waals surface area contributed by atoms with Gasteiger partial charge in [0.2, 0.25) is 5.91 Å². The van der Waals surface area contributed by atoms with Crippen LogP contribution in [0.15, 0.2) is 18.2 Å². The molecule has 4 nitrogen and oxygen atoms in total. The summed E-state index contributed by atoms with van der Waals surface area (Å²) < 4.78 is 5.72. The minimum absolute atomic E-state index is 0.00534. The SMILES string of the molecule is CC(C)C(=O)NC1CCOc2ccc(C(N)C(C)(C)C)cc21. The summed E-state index contributed by atoms with van der Waals surface area (Å²) in [7, 11) is 0. The molecule has 0 spiro atoms. The van der Waals surface area contributed by atoms with Gasteiger partial charge in [-0.1, -0.05) is 40.7 Å². The highest BCUT2D eigenvalue weighted by Gasteiger charge is 2.27. The van der Waals surface area contributed by atoms with E-state index in [1.165, 1.54) is 0 Å². The van der Waals surface area contributed by atoms with Gasteiger partial charge in [0, 0.05) is 23.9 Å². The van der Waals surface area contributed by atoms with E-state index >= 15 is 0 Å². The maximum Gasteiger partial charge on any atom is 0.223 e. The number of carbonyl (C=O) groups is 1. The third-order valence-corrected chi connectivity index (χ3v) is 4.21. The van der Waals surface area contributed by atoms with Crippen molar-refractivity contribution >= 4 is 5.91 Å². The van der Waals surface area contributed by atoms with Gasteiger partial charge in [-0.3, -0.25) is 4.79 Å². The van der Waals surface area contributed by atoms with Gasteiger partial charge in [-0.25, -0.2) is 0 Å². The Morgan fingerprint density at radius 3 is 2.64 bits per heavy atom. The summed E-state index contributed by atoms with van der Waals surface area (Å²) in [5.74, 6) is 0.903. The summed E-state index contributed by atoms with van der Waals surface area (Å²) in [6.45, 7) is 10.8. The highest BCUT2D eigenvalue weighted by Crippen LogP contribution is 2.37. The normalized spacial score (nSPS) is 19.3. The zero-order chi connectivity index (χ0) is 16.5. The molecule has 4 heteroatoms. The van der Waals surface area contributed by atoms with Gasteiger partial charge in [-0.2, -0.15) is 0 Å². The number of carbonyl (C=O) groups excluding carboxylic acids is 1. The number of amides is 1. The van der Waals surface area contributed by atoms with Crippen LogP contribution in [0.4, 0.5) is 0 Å². The van der Waals surface area contributed by atoms with Crippen molar-refractivity contribution in [3.8, 4) is 5.75 Å². The molecule has 0 saturated heterocycles. The van der Waals surface area contributed by atoms with E-state index in [-0.39, 0.29) is 29.3 Å². The van der Waals surface area contributed by atoms with Crippen LogP contribution in [0, 0.1) is 11.3 Å². The van der Waals surface area contributed by atoms with E-state index in [1.54, 1.807) is 0 Å². The van der Waals surface area contributed by atoms with Crippen LogP contribution in [0.25, 0.3) is 0 Å². The number of rotatable bonds is 3. The Hall–Kier alpha value is -1.55. The molecular formula is C18H28N2O2. The zero-order valence-electron chi connectivity index (χ0n) is 14.3. The van der Waals surface area contributed by atoms with Crippen molar-refractivity contribution in [3.63, 3.8) is 0 Å². The highest BCUT2D eigenvalue weighted by atomic mass is 16.5. The lowest BCUT2D eigenvalue weighted by Gasteiger charge is -2.31. The predicted molar refractivity (Wildman–Crippen MR) is 88.7 cm³/mol. The van der Waals surface area contributed by atoms with E-state index < -0.39 is 0 Å². The Morgan fingerprint density at radius 2 is 2.05 bits per heavy atom. The van der Waals surface area contributed by atoms with Crippen molar-refractivity contribution in [1.82, 2.24) is 5.32 Å². The molecule has 2 atom stereocenters. The summed E-state index contributed by atoms with van der Waals surface area (Å²) in [6, 6.07) is 6.05. The maximum absolute atomic E-state index is 12.0. The van der Waals surface area contributed by atoms with Crippen molar-refractivity contribution in [2.24, 2.45) is 17.1 Å². The van der Waals surface area contributed by atoms with Gasteiger partial charge in [0.25, 0.3) is 0 Å². The van der Waals surface area contributed by atoms with Crippen molar-refractivity contribution in [1.29, 1.82) is 0 Å². The first-order valence-corrected chi connectivity index (χ1v) is 8.02. The number of benzene rings is 1. The quantitative estimate of drug-likeness (QED) is 0.900. The van der Waals surface area contributed by atoms with Crippen LogP contribution in [0.1, 0.15) is 64.3 Å². The Balaban J connectivity index is 2.30. The molecule has 1 aliphatic heterocycles. The molecule has 0 bridgehead atoms. The fourth-order valence-corrected chi connectivity index (χ4v) is 2.59. The minimum Gasteiger partial charge on any atom is -0.493 e. The van der Waals surface area contributed by atoms with Crippen LogP contribution >= 0.6 is 0 Å². The van der Waals surface area contributed by atoms with Crippen molar-refractivity contribution in [3.05, 3.63) is 29.3 Å². The highest BCUT2D eigenvalue weighted by molar-refractivity contribution is 5.78. The molecular weight excluding hydrogens is 276 g/mol. The van der Waals surface area contributed by atoms with Gasteiger partial charge < -0.3 is 15.8 Å². The first-order valence-electron chi connectivity index (χ1n) is 8.02. The average molecular weight is 304 g/mol. The Labute approximate surface area is 133 Å². The number of hydrogen-bond acceptors (Lipinski definition) is 3. The van der Waals surface area contributed by atoms with Crippen LogP contribution in [-0.2, 0) is 4.79 Å². The van der Waals surface area contributed by atoms with Crippen molar-refractivity contribution in [2.45, 2.75) is 53.1 Å². The van der Waals surface area contributed by atoms with Crippen LogP contribution in [0.5, 0.6) is 5.75 Å².